The standard InChI is InChI=1S/C13H17FN2O5/c1-8(7-13(2,15-3)12(17)18)21-11-5-4-9(16(19)20)6-10(11)14/h4-6,8,15H,7H2,1-3H3,(H,17,18). The lowest BCUT2D eigenvalue weighted by Gasteiger charge is -2.27. The Morgan fingerprint density at radius 3 is 2.67 bits per heavy atom. The first kappa shape index (κ1) is 16.8. The number of nitrogens with zero attached hydrogens (tertiary/aromatic N) is 1. The lowest BCUT2D eigenvalue weighted by Crippen LogP contribution is -2.50. The number of likely N-dealkylation sites (N-methyl/N-ethyl adjacent to an activating group) is 1. The van der Waals surface area contributed by atoms with Crippen LogP contribution in [0, 0.1) is 15.9 Å². The number of ether oxygens (including phenoxy) is 1. The van der Waals surface area contributed by atoms with Crippen LogP contribution < -0.4 is 10.1 Å². The molecular weight excluding hydrogens is 283 g/mol. The van der Waals surface area contributed by atoms with E-state index in [1.54, 1.807) is 6.92 Å². The molecule has 0 amide bonds. The summed E-state index contributed by atoms with van der Waals surface area (Å²) in [6, 6.07) is 3.04. The van der Waals surface area contributed by atoms with E-state index < -0.39 is 28.4 Å². The van der Waals surface area contributed by atoms with E-state index in [4.69, 9.17) is 9.84 Å². The van der Waals surface area contributed by atoms with E-state index in [1.165, 1.54) is 14.0 Å². The lowest BCUT2D eigenvalue weighted by molar-refractivity contribution is -0.385. The molecule has 0 aliphatic carbocycles. The predicted octanol–water partition coefficient (Wildman–Crippen LogP) is 1.95. The Hall–Kier alpha value is -2.22. The van der Waals surface area contributed by atoms with Crippen LogP contribution in [0.15, 0.2) is 18.2 Å². The lowest BCUT2D eigenvalue weighted by atomic mass is 9.95. The molecule has 1 aromatic rings. The quantitative estimate of drug-likeness (QED) is 0.589. The Morgan fingerprint density at radius 1 is 1.62 bits per heavy atom. The Balaban J connectivity index is 2.82. The smallest absolute Gasteiger partial charge is 0.323 e. The fourth-order valence-corrected chi connectivity index (χ4v) is 1.83. The zero-order chi connectivity index (χ0) is 16.2. The van der Waals surface area contributed by atoms with Crippen LogP contribution >= 0.6 is 0 Å². The van der Waals surface area contributed by atoms with Crippen LogP contribution in [0.2, 0.25) is 0 Å². The minimum atomic E-state index is -1.21. The van der Waals surface area contributed by atoms with Gasteiger partial charge in [-0.15, -0.1) is 0 Å². The second-order valence-corrected chi connectivity index (χ2v) is 4.89. The topological polar surface area (TPSA) is 102 Å². The van der Waals surface area contributed by atoms with Crippen LogP contribution in [0.25, 0.3) is 0 Å². The normalized spacial score (nSPS) is 15.0. The van der Waals surface area contributed by atoms with Gasteiger partial charge in [-0.25, -0.2) is 4.39 Å². The molecule has 0 aliphatic heterocycles. The van der Waals surface area contributed by atoms with Gasteiger partial charge in [-0.2, -0.15) is 0 Å². The summed E-state index contributed by atoms with van der Waals surface area (Å²) in [5.74, 6) is -2.07. The summed E-state index contributed by atoms with van der Waals surface area (Å²) < 4.78 is 19.0. The number of carbonyl (C=O) groups is 1. The third-order valence-corrected chi connectivity index (χ3v) is 3.17. The fraction of sp³-hybridized carbons (Fsp3) is 0.462. The van der Waals surface area contributed by atoms with Gasteiger partial charge in [0, 0.05) is 12.5 Å². The number of carboxylic acids is 1. The molecule has 0 saturated heterocycles. The van der Waals surface area contributed by atoms with Gasteiger partial charge in [0.25, 0.3) is 5.69 Å². The van der Waals surface area contributed by atoms with Crippen LogP contribution in [0.1, 0.15) is 20.3 Å². The van der Waals surface area contributed by atoms with E-state index in [-0.39, 0.29) is 17.9 Å². The van der Waals surface area contributed by atoms with Gasteiger partial charge in [0.2, 0.25) is 0 Å². The van der Waals surface area contributed by atoms with Gasteiger partial charge in [-0.3, -0.25) is 14.9 Å². The summed E-state index contributed by atoms with van der Waals surface area (Å²) in [4.78, 5) is 21.0. The summed E-state index contributed by atoms with van der Waals surface area (Å²) >= 11 is 0. The summed E-state index contributed by atoms with van der Waals surface area (Å²) in [5.41, 5.74) is -1.59. The molecule has 2 unspecified atom stereocenters. The summed E-state index contributed by atoms with van der Waals surface area (Å²) in [6.07, 6.45) is -0.510. The Morgan fingerprint density at radius 2 is 2.24 bits per heavy atom. The number of benzene rings is 1. The average molecular weight is 300 g/mol. The Bertz CT molecular complexity index is 551. The van der Waals surface area contributed by atoms with Crippen LogP contribution in [0.3, 0.4) is 0 Å². The maximum atomic E-state index is 13.7. The molecule has 1 aromatic carbocycles. The van der Waals surface area contributed by atoms with E-state index in [2.05, 4.69) is 5.32 Å². The molecule has 0 aliphatic rings. The number of aliphatic carboxylic acids is 1. The van der Waals surface area contributed by atoms with Crippen molar-refractivity contribution in [3.05, 3.63) is 34.1 Å². The highest BCUT2D eigenvalue weighted by Gasteiger charge is 2.33. The predicted molar refractivity (Wildman–Crippen MR) is 72.9 cm³/mol. The van der Waals surface area contributed by atoms with Crippen molar-refractivity contribution in [2.45, 2.75) is 31.9 Å². The van der Waals surface area contributed by atoms with Crippen LogP contribution in [0.5, 0.6) is 5.75 Å². The Labute approximate surface area is 120 Å². The number of hydrogen-bond donors (Lipinski definition) is 2. The average Bonchev–Trinajstić information content (AvgIpc) is 2.40. The maximum Gasteiger partial charge on any atom is 0.323 e. The molecular formula is C13H17FN2O5. The van der Waals surface area contributed by atoms with E-state index in [1.807, 2.05) is 0 Å². The molecule has 116 valence electrons. The Kier molecular flexibility index (Phi) is 5.20. The summed E-state index contributed by atoms with van der Waals surface area (Å²) in [6.45, 7) is 3.08. The number of non-ortho nitro benzene ring substituents is 1. The first-order valence-corrected chi connectivity index (χ1v) is 6.22. The number of hydrogen-bond acceptors (Lipinski definition) is 5. The fourth-order valence-electron chi connectivity index (χ4n) is 1.83. The van der Waals surface area contributed by atoms with Gasteiger partial charge in [-0.05, 0) is 27.0 Å². The molecule has 21 heavy (non-hydrogen) atoms. The summed E-state index contributed by atoms with van der Waals surface area (Å²) in [7, 11) is 1.51. The zero-order valence-electron chi connectivity index (χ0n) is 11.9. The molecule has 2 atom stereocenters. The zero-order valence-corrected chi connectivity index (χ0v) is 11.9. The molecule has 0 aromatic heterocycles. The highest BCUT2D eigenvalue weighted by molar-refractivity contribution is 5.78. The van der Waals surface area contributed by atoms with Crippen molar-refractivity contribution in [2.75, 3.05) is 7.05 Å². The number of rotatable bonds is 7. The monoisotopic (exact) mass is 300 g/mol. The van der Waals surface area contributed by atoms with Crippen molar-refractivity contribution < 1.29 is 24.0 Å². The van der Waals surface area contributed by atoms with Crippen LogP contribution in [-0.2, 0) is 4.79 Å². The molecule has 8 heteroatoms. The highest BCUT2D eigenvalue weighted by Crippen LogP contribution is 2.25. The molecule has 0 heterocycles. The highest BCUT2D eigenvalue weighted by atomic mass is 19.1. The third-order valence-electron chi connectivity index (χ3n) is 3.17. The van der Waals surface area contributed by atoms with Gasteiger partial charge in [-0.1, -0.05) is 0 Å². The SMILES string of the molecule is CNC(C)(CC(C)Oc1ccc([N+](=O)[O-])cc1F)C(=O)O. The van der Waals surface area contributed by atoms with Crippen molar-refractivity contribution in [3.63, 3.8) is 0 Å². The van der Waals surface area contributed by atoms with Crippen LogP contribution in [-0.4, -0.2) is 34.7 Å². The molecule has 0 radical (unpaired) electrons. The second-order valence-electron chi connectivity index (χ2n) is 4.89. The number of carboxylic acid groups (broad SMARTS) is 1. The van der Waals surface area contributed by atoms with E-state index >= 15 is 0 Å². The van der Waals surface area contributed by atoms with E-state index in [9.17, 15) is 19.3 Å². The van der Waals surface area contributed by atoms with E-state index in [0.717, 1.165) is 18.2 Å². The molecule has 0 saturated carbocycles. The number of nitrogens with one attached hydrogen (secondary N) is 1. The minimum absolute atomic E-state index is 0.0925. The van der Waals surface area contributed by atoms with Crippen molar-refractivity contribution >= 4 is 11.7 Å². The minimum Gasteiger partial charge on any atom is -0.488 e. The number of nitro groups is 1. The van der Waals surface area contributed by atoms with E-state index in [0.29, 0.717) is 0 Å². The van der Waals surface area contributed by atoms with Crippen molar-refractivity contribution in [1.29, 1.82) is 0 Å². The number of nitro benzene ring substituents is 1. The number of halogens is 1. The third kappa shape index (κ3) is 4.12. The molecule has 1 rings (SSSR count). The van der Waals surface area contributed by atoms with Gasteiger partial charge < -0.3 is 15.2 Å². The van der Waals surface area contributed by atoms with Gasteiger partial charge in [0.05, 0.1) is 17.1 Å². The first-order chi connectivity index (χ1) is 9.69. The molecule has 0 fully saturated rings. The largest absolute Gasteiger partial charge is 0.488 e. The van der Waals surface area contributed by atoms with Crippen molar-refractivity contribution in [2.24, 2.45) is 0 Å². The first-order valence-electron chi connectivity index (χ1n) is 6.22. The van der Waals surface area contributed by atoms with Gasteiger partial charge in [0.15, 0.2) is 11.6 Å². The molecule has 0 bridgehead atoms. The summed E-state index contributed by atoms with van der Waals surface area (Å²) in [5, 5.41) is 22.3. The van der Waals surface area contributed by atoms with Crippen LogP contribution in [0.4, 0.5) is 10.1 Å². The second kappa shape index (κ2) is 6.49. The maximum absolute atomic E-state index is 13.7. The molecule has 7 nitrogen and oxygen atoms in total. The molecule has 2 N–H and O–H groups in total. The molecule has 0 spiro atoms. The van der Waals surface area contributed by atoms with Crippen molar-refractivity contribution in [3.8, 4) is 5.75 Å². The van der Waals surface area contributed by atoms with Gasteiger partial charge in [0.1, 0.15) is 5.54 Å². The van der Waals surface area contributed by atoms with Crippen molar-refractivity contribution in [1.82, 2.24) is 5.32 Å². The van der Waals surface area contributed by atoms with Gasteiger partial charge >= 0.3 is 5.97 Å².